The maximum absolute atomic E-state index is 12.5. The van der Waals surface area contributed by atoms with E-state index in [1.165, 1.54) is 5.01 Å². The third kappa shape index (κ3) is 1.95. The summed E-state index contributed by atoms with van der Waals surface area (Å²) in [5, 5.41) is 1.38. The summed E-state index contributed by atoms with van der Waals surface area (Å²) in [7, 11) is 1.10. The van der Waals surface area contributed by atoms with Crippen LogP contribution in [0.2, 0.25) is 0 Å². The molecule has 1 heterocycles. The van der Waals surface area contributed by atoms with Crippen LogP contribution in [0.3, 0.4) is 0 Å². The van der Waals surface area contributed by atoms with Crippen LogP contribution < -0.4 is 5.84 Å². The molecule has 6 heteroatoms. The number of ether oxygens (including phenoxy) is 1. The van der Waals surface area contributed by atoms with Crippen LogP contribution >= 0.6 is 0 Å². The lowest BCUT2D eigenvalue weighted by Crippen LogP contribution is -2.55. The topological polar surface area (TPSA) is 38.5 Å². The largest absolute Gasteiger partial charge is 0.417 e. The number of halogens is 3. The van der Waals surface area contributed by atoms with Crippen LogP contribution in [0.1, 0.15) is 12.8 Å². The van der Waals surface area contributed by atoms with E-state index in [9.17, 15) is 13.2 Å². The predicted molar refractivity (Wildman–Crippen MR) is 40.8 cm³/mol. The zero-order valence-corrected chi connectivity index (χ0v) is 7.40. The van der Waals surface area contributed by atoms with E-state index < -0.39 is 11.8 Å². The van der Waals surface area contributed by atoms with E-state index in [-0.39, 0.29) is 25.9 Å². The molecule has 13 heavy (non-hydrogen) atoms. The quantitative estimate of drug-likeness (QED) is 0.636. The molecule has 3 nitrogen and oxygen atoms in total. The highest BCUT2D eigenvalue weighted by Gasteiger charge is 2.56. The summed E-state index contributed by atoms with van der Waals surface area (Å²) in [6.45, 7) is 0.431. The Morgan fingerprint density at radius 2 is 1.77 bits per heavy atom. The fourth-order valence-electron chi connectivity index (χ4n) is 1.49. The molecule has 1 rings (SSSR count). The van der Waals surface area contributed by atoms with Gasteiger partial charge in [0.2, 0.25) is 0 Å². The van der Waals surface area contributed by atoms with Crippen molar-refractivity contribution in [3.05, 3.63) is 0 Å². The highest BCUT2D eigenvalue weighted by molar-refractivity contribution is 4.92. The van der Waals surface area contributed by atoms with Gasteiger partial charge in [-0.15, -0.1) is 0 Å². The summed E-state index contributed by atoms with van der Waals surface area (Å²) in [4.78, 5) is 0. The van der Waals surface area contributed by atoms with Gasteiger partial charge in [0.15, 0.2) is 5.60 Å². The number of alkyl halides is 3. The maximum Gasteiger partial charge on any atom is 0.417 e. The van der Waals surface area contributed by atoms with Gasteiger partial charge in [-0.3, -0.25) is 5.84 Å². The third-order valence-electron chi connectivity index (χ3n) is 2.51. The molecule has 1 saturated heterocycles. The van der Waals surface area contributed by atoms with E-state index >= 15 is 0 Å². The minimum Gasteiger partial charge on any atom is -0.369 e. The van der Waals surface area contributed by atoms with Crippen molar-refractivity contribution in [3.63, 3.8) is 0 Å². The summed E-state index contributed by atoms with van der Waals surface area (Å²) >= 11 is 0. The van der Waals surface area contributed by atoms with Gasteiger partial charge >= 0.3 is 6.18 Å². The number of rotatable bonds is 1. The number of nitrogens with two attached hydrogens (primary N) is 1. The van der Waals surface area contributed by atoms with Crippen molar-refractivity contribution in [2.45, 2.75) is 24.6 Å². The summed E-state index contributed by atoms with van der Waals surface area (Å²) < 4.78 is 42.2. The first kappa shape index (κ1) is 10.7. The van der Waals surface area contributed by atoms with Crippen LogP contribution in [-0.2, 0) is 4.74 Å². The van der Waals surface area contributed by atoms with Gasteiger partial charge in [-0.25, -0.2) is 5.01 Å². The van der Waals surface area contributed by atoms with Crippen molar-refractivity contribution in [3.8, 4) is 0 Å². The summed E-state index contributed by atoms with van der Waals surface area (Å²) in [6, 6.07) is 0. The van der Waals surface area contributed by atoms with Crippen molar-refractivity contribution < 1.29 is 17.9 Å². The summed E-state index contributed by atoms with van der Waals surface area (Å²) in [6.07, 6.45) is -4.49. The van der Waals surface area contributed by atoms with Crippen molar-refractivity contribution >= 4 is 0 Å². The van der Waals surface area contributed by atoms with E-state index in [4.69, 9.17) is 5.84 Å². The van der Waals surface area contributed by atoms with Crippen LogP contribution in [0, 0.1) is 0 Å². The molecule has 0 unspecified atom stereocenters. The fraction of sp³-hybridized carbons (Fsp3) is 1.00. The average molecular weight is 198 g/mol. The van der Waals surface area contributed by atoms with Gasteiger partial charge in [-0.1, -0.05) is 0 Å². The number of hydrogen-bond acceptors (Lipinski definition) is 3. The van der Waals surface area contributed by atoms with Crippen LogP contribution in [0.4, 0.5) is 13.2 Å². The van der Waals surface area contributed by atoms with E-state index in [1.54, 1.807) is 0 Å². The molecule has 0 amide bonds. The zero-order valence-electron chi connectivity index (χ0n) is 7.40. The standard InChI is InChI=1S/C7H13F3N2O/c1-13-6(7(8,9)10)2-4-12(11)5-3-6/h2-5,11H2,1H3. The van der Waals surface area contributed by atoms with Crippen molar-refractivity contribution in [2.75, 3.05) is 20.2 Å². The first-order chi connectivity index (χ1) is 5.91. The molecule has 78 valence electrons. The highest BCUT2D eigenvalue weighted by atomic mass is 19.4. The van der Waals surface area contributed by atoms with Crippen LogP contribution in [0.25, 0.3) is 0 Å². The monoisotopic (exact) mass is 198 g/mol. The van der Waals surface area contributed by atoms with Gasteiger partial charge < -0.3 is 4.74 Å². The molecular formula is C7H13F3N2O. The second kappa shape index (κ2) is 3.43. The fourth-order valence-corrected chi connectivity index (χ4v) is 1.49. The lowest BCUT2D eigenvalue weighted by molar-refractivity contribution is -0.282. The van der Waals surface area contributed by atoms with E-state index in [2.05, 4.69) is 4.74 Å². The zero-order chi connectivity index (χ0) is 10.1. The first-order valence-corrected chi connectivity index (χ1v) is 4.03. The van der Waals surface area contributed by atoms with Crippen LogP contribution in [0.5, 0.6) is 0 Å². The Hall–Kier alpha value is -0.330. The predicted octanol–water partition coefficient (Wildman–Crippen LogP) is 0.903. The van der Waals surface area contributed by atoms with E-state index in [1.807, 2.05) is 0 Å². The Balaban J connectivity index is 2.72. The second-order valence-electron chi connectivity index (χ2n) is 3.23. The maximum atomic E-state index is 12.5. The van der Waals surface area contributed by atoms with Crippen LogP contribution in [-0.4, -0.2) is 37.0 Å². The Bertz CT molecular complexity index is 175. The molecule has 0 atom stereocenters. The summed E-state index contributed by atoms with van der Waals surface area (Å²) in [5.74, 6) is 5.36. The normalized spacial score (nSPS) is 24.7. The lowest BCUT2D eigenvalue weighted by Gasteiger charge is -2.40. The van der Waals surface area contributed by atoms with Crippen LogP contribution in [0.15, 0.2) is 0 Å². The Morgan fingerprint density at radius 3 is 2.08 bits per heavy atom. The van der Waals surface area contributed by atoms with Crippen molar-refractivity contribution in [2.24, 2.45) is 5.84 Å². The molecule has 0 saturated carbocycles. The smallest absolute Gasteiger partial charge is 0.369 e. The molecular weight excluding hydrogens is 185 g/mol. The number of methoxy groups -OCH3 is 1. The summed E-state index contributed by atoms with van der Waals surface area (Å²) in [5.41, 5.74) is -1.98. The van der Waals surface area contributed by atoms with Gasteiger partial charge in [0.25, 0.3) is 0 Å². The lowest BCUT2D eigenvalue weighted by atomic mass is 9.91. The SMILES string of the molecule is COC1(C(F)(F)F)CCN(N)CC1. The minimum absolute atomic E-state index is 0.0938. The van der Waals surface area contributed by atoms with Gasteiger partial charge in [0, 0.05) is 20.2 Å². The van der Waals surface area contributed by atoms with Gasteiger partial charge in [-0.05, 0) is 12.8 Å². The molecule has 0 aromatic rings. The Morgan fingerprint density at radius 1 is 1.31 bits per heavy atom. The van der Waals surface area contributed by atoms with Gasteiger partial charge in [0.1, 0.15) is 0 Å². The van der Waals surface area contributed by atoms with Gasteiger partial charge in [-0.2, -0.15) is 13.2 Å². The molecule has 0 radical (unpaired) electrons. The number of piperidine rings is 1. The molecule has 2 N–H and O–H groups in total. The molecule has 0 spiro atoms. The molecule has 1 aliphatic rings. The molecule has 1 aliphatic heterocycles. The van der Waals surface area contributed by atoms with Crippen molar-refractivity contribution in [1.29, 1.82) is 0 Å². The number of hydrazine groups is 1. The highest BCUT2D eigenvalue weighted by Crippen LogP contribution is 2.40. The molecule has 0 aromatic heterocycles. The molecule has 0 aliphatic carbocycles. The Labute approximate surface area is 74.6 Å². The third-order valence-corrected chi connectivity index (χ3v) is 2.51. The average Bonchev–Trinajstić information content (AvgIpc) is 2.04. The minimum atomic E-state index is -4.30. The van der Waals surface area contributed by atoms with E-state index in [0.717, 1.165) is 7.11 Å². The molecule has 1 fully saturated rings. The second-order valence-corrected chi connectivity index (χ2v) is 3.23. The Kier molecular flexibility index (Phi) is 2.84. The van der Waals surface area contributed by atoms with Crippen molar-refractivity contribution in [1.82, 2.24) is 5.01 Å². The van der Waals surface area contributed by atoms with E-state index in [0.29, 0.717) is 0 Å². The molecule has 0 aromatic carbocycles. The number of nitrogens with zero attached hydrogens (tertiary/aromatic N) is 1. The molecule has 0 bridgehead atoms. The first-order valence-electron chi connectivity index (χ1n) is 4.03. The van der Waals surface area contributed by atoms with Gasteiger partial charge in [0.05, 0.1) is 0 Å². The number of hydrogen-bond donors (Lipinski definition) is 1.